The molecule has 0 aliphatic rings. The number of ether oxygens (including phenoxy) is 1. The molecule has 6 heteroatoms. The van der Waals surface area contributed by atoms with Crippen LogP contribution in [0.25, 0.3) is 0 Å². The van der Waals surface area contributed by atoms with Crippen LogP contribution in [0.5, 0.6) is 0 Å². The number of benzene rings is 1. The van der Waals surface area contributed by atoms with Crippen LogP contribution >= 0.6 is 15.9 Å². The number of carbonyl (C=O) groups excluding carboxylic acids is 1. The predicted octanol–water partition coefficient (Wildman–Crippen LogP) is 1.48. The molecule has 0 radical (unpaired) electrons. The number of hydrogen-bond donors (Lipinski definition) is 1. The Balaban J connectivity index is 2.68. The second-order valence-electron chi connectivity index (χ2n) is 3.97. The summed E-state index contributed by atoms with van der Waals surface area (Å²) in [6.07, 6.45) is -0.768. The zero-order chi connectivity index (χ0) is 14.3. The smallest absolute Gasteiger partial charge is 0.319 e. The van der Waals surface area contributed by atoms with Crippen LogP contribution in [-0.2, 0) is 9.53 Å². The monoisotopic (exact) mass is 326 g/mol. The van der Waals surface area contributed by atoms with Crippen molar-refractivity contribution in [3.8, 4) is 6.07 Å². The molecular weight excluding hydrogens is 312 g/mol. The number of methoxy groups -OCH3 is 1. The molecule has 5 nitrogen and oxygen atoms in total. The zero-order valence-corrected chi connectivity index (χ0v) is 12.1. The summed E-state index contributed by atoms with van der Waals surface area (Å²) in [5.41, 5.74) is 0.724. The predicted molar refractivity (Wildman–Crippen MR) is 73.2 cm³/mol. The Morgan fingerprint density at radius 3 is 2.95 bits per heavy atom. The van der Waals surface area contributed by atoms with Crippen molar-refractivity contribution in [2.45, 2.75) is 6.10 Å². The fourth-order valence-corrected chi connectivity index (χ4v) is 2.01. The number of aliphatic hydroxyl groups excluding tert-OH is 1. The average molecular weight is 327 g/mol. The van der Waals surface area contributed by atoms with Gasteiger partial charge in [-0.2, -0.15) is 5.26 Å². The van der Waals surface area contributed by atoms with Gasteiger partial charge in [0.15, 0.2) is 0 Å². The normalized spacial score (nSPS) is 11.9. The van der Waals surface area contributed by atoms with Gasteiger partial charge < -0.3 is 9.84 Å². The van der Waals surface area contributed by atoms with Crippen molar-refractivity contribution in [3.05, 3.63) is 34.3 Å². The fraction of sp³-hybridized carbons (Fsp3) is 0.385. The molecule has 1 aromatic rings. The first kappa shape index (κ1) is 15.6. The summed E-state index contributed by atoms with van der Waals surface area (Å²) in [6, 6.07) is 9.23. The lowest BCUT2D eigenvalue weighted by atomic mass is 10.1. The van der Waals surface area contributed by atoms with Crippen LogP contribution in [0.15, 0.2) is 28.7 Å². The minimum atomic E-state index is -0.768. The van der Waals surface area contributed by atoms with Crippen molar-refractivity contribution in [1.29, 1.82) is 5.26 Å². The zero-order valence-electron chi connectivity index (χ0n) is 10.5. The van der Waals surface area contributed by atoms with Gasteiger partial charge in [0.2, 0.25) is 0 Å². The van der Waals surface area contributed by atoms with E-state index in [0.29, 0.717) is 0 Å². The molecule has 19 heavy (non-hydrogen) atoms. The maximum Gasteiger partial charge on any atom is 0.319 e. The highest BCUT2D eigenvalue weighted by Gasteiger charge is 2.16. The summed E-state index contributed by atoms with van der Waals surface area (Å²) in [5, 5.41) is 18.8. The first-order valence-electron chi connectivity index (χ1n) is 5.66. The van der Waals surface area contributed by atoms with E-state index < -0.39 is 12.1 Å². The molecule has 1 N–H and O–H groups in total. The third kappa shape index (κ3) is 5.39. The van der Waals surface area contributed by atoms with E-state index in [1.54, 1.807) is 12.1 Å². The molecule has 1 atom stereocenters. The largest absolute Gasteiger partial charge is 0.468 e. The molecule has 1 unspecified atom stereocenters. The maximum atomic E-state index is 11.2. The second kappa shape index (κ2) is 7.89. The lowest BCUT2D eigenvalue weighted by Gasteiger charge is -2.21. The Bertz CT molecular complexity index is 473. The van der Waals surface area contributed by atoms with Gasteiger partial charge >= 0.3 is 5.97 Å². The van der Waals surface area contributed by atoms with E-state index in [0.717, 1.165) is 10.0 Å². The van der Waals surface area contributed by atoms with E-state index >= 15 is 0 Å². The number of hydrogen-bond acceptors (Lipinski definition) is 5. The molecule has 0 bridgehead atoms. The molecule has 1 rings (SSSR count). The van der Waals surface area contributed by atoms with Gasteiger partial charge in [0.25, 0.3) is 0 Å². The SMILES string of the molecule is COC(=O)CN(CC#N)CC(O)c1cccc(Br)c1. The molecule has 0 saturated carbocycles. The summed E-state index contributed by atoms with van der Waals surface area (Å²) in [6.45, 7) is 0.231. The molecule has 0 aromatic heterocycles. The van der Waals surface area contributed by atoms with Crippen LogP contribution in [0.2, 0.25) is 0 Å². The van der Waals surface area contributed by atoms with E-state index in [4.69, 9.17) is 5.26 Å². The number of aliphatic hydroxyl groups is 1. The van der Waals surface area contributed by atoms with Crippen LogP contribution in [-0.4, -0.2) is 42.7 Å². The molecule has 0 amide bonds. The van der Waals surface area contributed by atoms with Crippen LogP contribution < -0.4 is 0 Å². The number of halogens is 1. The number of rotatable bonds is 6. The number of nitriles is 1. The van der Waals surface area contributed by atoms with E-state index in [-0.39, 0.29) is 19.6 Å². The third-order valence-electron chi connectivity index (χ3n) is 2.54. The quantitative estimate of drug-likeness (QED) is 0.633. The first-order valence-corrected chi connectivity index (χ1v) is 6.45. The summed E-state index contributed by atoms with van der Waals surface area (Å²) in [7, 11) is 1.29. The lowest BCUT2D eigenvalue weighted by Crippen LogP contribution is -2.34. The van der Waals surface area contributed by atoms with Crippen LogP contribution in [0.1, 0.15) is 11.7 Å². The maximum absolute atomic E-state index is 11.2. The van der Waals surface area contributed by atoms with Crippen LogP contribution in [0.3, 0.4) is 0 Å². The number of nitrogens with zero attached hydrogens (tertiary/aromatic N) is 2. The van der Waals surface area contributed by atoms with Gasteiger partial charge in [-0.1, -0.05) is 28.1 Å². The van der Waals surface area contributed by atoms with Crippen molar-refractivity contribution in [2.75, 3.05) is 26.7 Å². The third-order valence-corrected chi connectivity index (χ3v) is 3.03. The molecule has 0 aliphatic heterocycles. The molecule has 102 valence electrons. The van der Waals surface area contributed by atoms with Gasteiger partial charge in [-0.3, -0.25) is 9.69 Å². The Labute approximate surface area is 120 Å². The molecule has 1 aromatic carbocycles. The first-order chi connectivity index (χ1) is 9.06. The van der Waals surface area contributed by atoms with Gasteiger partial charge in [0.1, 0.15) is 0 Å². The van der Waals surface area contributed by atoms with Gasteiger partial charge in [0, 0.05) is 11.0 Å². The molecule has 0 spiro atoms. The summed E-state index contributed by atoms with van der Waals surface area (Å²) < 4.78 is 5.42. The van der Waals surface area contributed by atoms with Gasteiger partial charge in [0.05, 0.1) is 32.4 Å². The van der Waals surface area contributed by atoms with Gasteiger partial charge in [-0.25, -0.2) is 0 Å². The van der Waals surface area contributed by atoms with E-state index in [1.165, 1.54) is 12.0 Å². The topological polar surface area (TPSA) is 73.6 Å². The Hall–Kier alpha value is -1.42. The molecule has 0 saturated heterocycles. The van der Waals surface area contributed by atoms with Crippen LogP contribution in [0.4, 0.5) is 0 Å². The summed E-state index contributed by atoms with van der Waals surface area (Å²) in [5.74, 6) is -0.434. The Kier molecular flexibility index (Phi) is 6.50. The van der Waals surface area contributed by atoms with E-state index in [2.05, 4.69) is 20.7 Å². The van der Waals surface area contributed by atoms with Crippen molar-refractivity contribution in [3.63, 3.8) is 0 Å². The minimum Gasteiger partial charge on any atom is -0.468 e. The standard InChI is InChI=1S/C13H15BrN2O3/c1-19-13(18)9-16(6-5-15)8-12(17)10-3-2-4-11(14)7-10/h2-4,7,12,17H,6,8-9H2,1H3. The van der Waals surface area contributed by atoms with Crippen molar-refractivity contribution in [2.24, 2.45) is 0 Å². The van der Waals surface area contributed by atoms with Crippen LogP contribution in [0, 0.1) is 11.3 Å². The molecular formula is C13H15BrN2O3. The lowest BCUT2D eigenvalue weighted by molar-refractivity contribution is -0.142. The average Bonchev–Trinajstić information content (AvgIpc) is 2.38. The number of esters is 1. The van der Waals surface area contributed by atoms with Crippen molar-refractivity contribution in [1.82, 2.24) is 4.90 Å². The Morgan fingerprint density at radius 1 is 1.63 bits per heavy atom. The summed E-state index contributed by atoms with van der Waals surface area (Å²) >= 11 is 3.33. The highest BCUT2D eigenvalue weighted by atomic mass is 79.9. The molecule has 0 aliphatic carbocycles. The van der Waals surface area contributed by atoms with Gasteiger partial charge in [-0.05, 0) is 17.7 Å². The fourth-order valence-electron chi connectivity index (χ4n) is 1.60. The van der Waals surface area contributed by atoms with Crippen molar-refractivity contribution >= 4 is 21.9 Å². The van der Waals surface area contributed by atoms with E-state index in [9.17, 15) is 9.90 Å². The summed E-state index contributed by atoms with van der Waals surface area (Å²) in [4.78, 5) is 12.7. The second-order valence-corrected chi connectivity index (χ2v) is 4.89. The highest BCUT2D eigenvalue weighted by molar-refractivity contribution is 9.10. The molecule has 0 fully saturated rings. The number of carbonyl (C=O) groups is 1. The highest BCUT2D eigenvalue weighted by Crippen LogP contribution is 2.19. The van der Waals surface area contributed by atoms with E-state index in [1.807, 2.05) is 18.2 Å². The van der Waals surface area contributed by atoms with Gasteiger partial charge in [-0.15, -0.1) is 0 Å². The van der Waals surface area contributed by atoms with Crippen molar-refractivity contribution < 1.29 is 14.6 Å². The minimum absolute atomic E-state index is 0.0187. The Morgan fingerprint density at radius 2 is 2.37 bits per heavy atom. The molecule has 0 heterocycles.